The molecule has 7 heteroatoms. The van der Waals surface area contributed by atoms with Crippen LogP contribution >= 0.6 is 22.7 Å². The molecule has 0 spiro atoms. The third-order valence-corrected chi connectivity index (χ3v) is 7.88. The molecule has 164 valence electrons. The maximum absolute atomic E-state index is 13.4. The molecule has 0 aliphatic heterocycles. The molecule has 0 radical (unpaired) electrons. The van der Waals surface area contributed by atoms with Gasteiger partial charge in [0, 0.05) is 28.1 Å². The maximum Gasteiger partial charge on any atom is 0.194 e. The summed E-state index contributed by atoms with van der Waals surface area (Å²) in [6.07, 6.45) is 1.78. The minimum absolute atomic E-state index is 0.0766. The summed E-state index contributed by atoms with van der Waals surface area (Å²) in [5, 5.41) is 22.2. The van der Waals surface area contributed by atoms with Crippen molar-refractivity contribution in [2.75, 3.05) is 0 Å². The standard InChI is InChI=1S/C28H14N4OS2/c29-15-17(16-30)25-20-9-4-5-10-21(20)26(33)22(25)13-19-14-24-27(32(19)18-7-2-1-3-8-18)31-28(35-24)23-11-6-12-34-23/h1-14H/b22-13-. The van der Waals surface area contributed by atoms with E-state index < -0.39 is 0 Å². The number of para-hydroxylation sites is 1. The number of rotatable bonds is 3. The lowest BCUT2D eigenvalue weighted by Crippen LogP contribution is -2.00. The number of thiophene rings is 1. The third-order valence-electron chi connectivity index (χ3n) is 5.85. The highest BCUT2D eigenvalue weighted by molar-refractivity contribution is 7.25. The molecule has 5 aromatic rings. The number of carbonyl (C=O) groups is 1. The van der Waals surface area contributed by atoms with Crippen LogP contribution in [0.15, 0.2) is 89.3 Å². The van der Waals surface area contributed by atoms with E-state index in [1.165, 1.54) is 0 Å². The molecule has 0 amide bonds. The van der Waals surface area contributed by atoms with Crippen LogP contribution in [0.4, 0.5) is 0 Å². The van der Waals surface area contributed by atoms with Gasteiger partial charge in [0.05, 0.1) is 9.58 Å². The Balaban J connectivity index is 1.62. The third kappa shape index (κ3) is 3.34. The predicted molar refractivity (Wildman–Crippen MR) is 139 cm³/mol. The van der Waals surface area contributed by atoms with Gasteiger partial charge >= 0.3 is 0 Å². The first-order chi connectivity index (χ1) is 17.2. The highest BCUT2D eigenvalue weighted by Gasteiger charge is 2.32. The van der Waals surface area contributed by atoms with Gasteiger partial charge in [-0.1, -0.05) is 48.5 Å². The topological polar surface area (TPSA) is 82.5 Å². The molecule has 3 aromatic heterocycles. The monoisotopic (exact) mass is 486 g/mol. The largest absolute Gasteiger partial charge is 0.294 e. The van der Waals surface area contributed by atoms with Crippen molar-refractivity contribution in [1.29, 1.82) is 10.5 Å². The van der Waals surface area contributed by atoms with Crippen LogP contribution in [0.5, 0.6) is 0 Å². The molecule has 6 rings (SSSR count). The van der Waals surface area contributed by atoms with Gasteiger partial charge in [0.2, 0.25) is 0 Å². The highest BCUT2D eigenvalue weighted by atomic mass is 32.1. The molecule has 1 aliphatic carbocycles. The Morgan fingerprint density at radius 1 is 0.943 bits per heavy atom. The van der Waals surface area contributed by atoms with E-state index in [1.54, 1.807) is 53.0 Å². The number of Topliss-reactive ketones (excluding diaryl/α,β-unsaturated/α-hetero) is 1. The molecule has 0 atom stereocenters. The Labute approximate surface area is 208 Å². The average molecular weight is 487 g/mol. The van der Waals surface area contributed by atoms with Crippen LogP contribution in [-0.2, 0) is 0 Å². The van der Waals surface area contributed by atoms with Crippen molar-refractivity contribution in [3.8, 4) is 27.7 Å². The van der Waals surface area contributed by atoms with Gasteiger partial charge in [-0.15, -0.1) is 22.7 Å². The van der Waals surface area contributed by atoms with Crippen molar-refractivity contribution >= 4 is 50.5 Å². The number of ketones is 1. The first-order valence-electron chi connectivity index (χ1n) is 10.7. The summed E-state index contributed by atoms with van der Waals surface area (Å²) in [7, 11) is 0. The van der Waals surface area contributed by atoms with Gasteiger partial charge in [0.15, 0.2) is 11.4 Å². The number of benzene rings is 2. The second kappa shape index (κ2) is 8.34. The summed E-state index contributed by atoms with van der Waals surface area (Å²) in [4.78, 5) is 19.5. The van der Waals surface area contributed by atoms with Crippen LogP contribution in [-0.4, -0.2) is 15.3 Å². The van der Waals surface area contributed by atoms with E-state index in [1.807, 2.05) is 64.6 Å². The molecule has 0 N–H and O–H groups in total. The summed E-state index contributed by atoms with van der Waals surface area (Å²) < 4.78 is 3.00. The number of nitrogens with zero attached hydrogens (tertiary/aromatic N) is 4. The Hall–Kier alpha value is -4.56. The number of nitriles is 2. The van der Waals surface area contributed by atoms with E-state index in [-0.39, 0.29) is 11.4 Å². The lowest BCUT2D eigenvalue weighted by molar-refractivity contribution is 0.104. The van der Waals surface area contributed by atoms with E-state index in [9.17, 15) is 15.3 Å². The van der Waals surface area contributed by atoms with E-state index in [0.29, 0.717) is 22.3 Å². The molecule has 3 heterocycles. The summed E-state index contributed by atoms with van der Waals surface area (Å²) in [6, 6.07) is 26.9. The van der Waals surface area contributed by atoms with E-state index in [0.717, 1.165) is 31.6 Å². The van der Waals surface area contributed by atoms with Gasteiger partial charge in [-0.2, -0.15) is 10.5 Å². The molecule has 0 fully saturated rings. The summed E-state index contributed by atoms with van der Waals surface area (Å²) >= 11 is 3.24. The van der Waals surface area contributed by atoms with E-state index in [2.05, 4.69) is 6.07 Å². The first kappa shape index (κ1) is 21.0. The van der Waals surface area contributed by atoms with Crippen molar-refractivity contribution in [3.05, 3.63) is 106 Å². The molecular weight excluding hydrogens is 472 g/mol. The fourth-order valence-corrected chi connectivity index (χ4v) is 6.15. The fraction of sp³-hybridized carbons (Fsp3) is 0. The van der Waals surface area contributed by atoms with Crippen LogP contribution in [0, 0.1) is 22.7 Å². The van der Waals surface area contributed by atoms with Crippen LogP contribution in [0.1, 0.15) is 21.6 Å². The quantitative estimate of drug-likeness (QED) is 0.205. The molecule has 0 saturated carbocycles. The second-order valence-electron chi connectivity index (χ2n) is 7.83. The molecule has 0 unspecified atom stereocenters. The van der Waals surface area contributed by atoms with Gasteiger partial charge in [-0.25, -0.2) is 4.98 Å². The van der Waals surface area contributed by atoms with Crippen molar-refractivity contribution < 1.29 is 4.79 Å². The van der Waals surface area contributed by atoms with E-state index >= 15 is 0 Å². The number of hydrogen-bond donors (Lipinski definition) is 0. The summed E-state index contributed by atoms with van der Waals surface area (Å²) in [6.45, 7) is 0. The zero-order valence-corrected chi connectivity index (χ0v) is 19.7. The van der Waals surface area contributed by atoms with Crippen molar-refractivity contribution in [2.24, 2.45) is 0 Å². The second-order valence-corrected chi connectivity index (χ2v) is 9.81. The number of fused-ring (bicyclic) bond motifs is 2. The number of hydrogen-bond acceptors (Lipinski definition) is 6. The predicted octanol–water partition coefficient (Wildman–Crippen LogP) is 6.90. The minimum atomic E-state index is -0.199. The van der Waals surface area contributed by atoms with Gasteiger partial charge in [0.1, 0.15) is 22.7 Å². The Morgan fingerprint density at radius 3 is 2.40 bits per heavy atom. The van der Waals surface area contributed by atoms with Gasteiger partial charge in [0.25, 0.3) is 0 Å². The Kier molecular flexibility index (Phi) is 5.00. The van der Waals surface area contributed by atoms with Crippen molar-refractivity contribution in [2.45, 2.75) is 0 Å². The van der Waals surface area contributed by atoms with E-state index in [4.69, 9.17) is 4.98 Å². The lowest BCUT2D eigenvalue weighted by Gasteiger charge is -2.08. The summed E-state index contributed by atoms with van der Waals surface area (Å²) in [5.41, 5.74) is 4.21. The lowest BCUT2D eigenvalue weighted by atomic mass is 9.99. The molecule has 35 heavy (non-hydrogen) atoms. The Morgan fingerprint density at radius 2 is 1.69 bits per heavy atom. The Bertz CT molecular complexity index is 1760. The van der Waals surface area contributed by atoms with Crippen LogP contribution in [0.3, 0.4) is 0 Å². The number of allylic oxidation sites excluding steroid dienone is 3. The zero-order valence-electron chi connectivity index (χ0n) is 18.1. The molecule has 0 saturated heterocycles. The first-order valence-corrected chi connectivity index (χ1v) is 12.4. The fourth-order valence-electron chi connectivity index (χ4n) is 4.35. The maximum atomic E-state index is 13.4. The normalized spacial score (nSPS) is 13.7. The van der Waals surface area contributed by atoms with Crippen LogP contribution in [0.25, 0.3) is 37.6 Å². The van der Waals surface area contributed by atoms with Gasteiger partial charge < -0.3 is 0 Å². The van der Waals surface area contributed by atoms with Crippen molar-refractivity contribution in [3.63, 3.8) is 0 Å². The number of aromatic nitrogens is 2. The molecule has 1 aliphatic rings. The number of thiazole rings is 1. The van der Waals surface area contributed by atoms with Gasteiger partial charge in [-0.05, 0) is 41.3 Å². The molecule has 5 nitrogen and oxygen atoms in total. The molecular formula is C28H14N4OS2. The summed E-state index contributed by atoms with van der Waals surface area (Å²) in [5.74, 6) is -0.199. The zero-order chi connectivity index (χ0) is 23.9. The molecule has 2 aromatic carbocycles. The minimum Gasteiger partial charge on any atom is -0.294 e. The van der Waals surface area contributed by atoms with Crippen LogP contribution < -0.4 is 0 Å². The van der Waals surface area contributed by atoms with Crippen molar-refractivity contribution in [1.82, 2.24) is 9.55 Å². The van der Waals surface area contributed by atoms with Gasteiger partial charge in [-0.3, -0.25) is 9.36 Å². The van der Waals surface area contributed by atoms with Crippen LogP contribution in [0.2, 0.25) is 0 Å². The smallest absolute Gasteiger partial charge is 0.194 e. The molecule has 0 bridgehead atoms. The number of carbonyl (C=O) groups excluding carboxylic acids is 1. The SMILES string of the molecule is N#CC(C#N)=C1/C(=C/c2cc3sc(-c4cccs4)nc3n2-c2ccccc2)C(=O)c2ccccc21. The average Bonchev–Trinajstić information content (AvgIpc) is 3.66. The highest BCUT2D eigenvalue weighted by Crippen LogP contribution is 2.41.